The summed E-state index contributed by atoms with van der Waals surface area (Å²) in [6.45, 7) is 5.75. The summed E-state index contributed by atoms with van der Waals surface area (Å²) in [5.41, 5.74) is 3.09. The van der Waals surface area contributed by atoms with E-state index in [4.69, 9.17) is 9.72 Å². The first kappa shape index (κ1) is 25.1. The SMILES string of the molecule is CCC1C=C(Cc2sc(C)nc2-c2ccc(F)cc2[C@@H](C)Oc2cc(Br)cnc2[N+](=O)[O-])[N+](C)=N1. The average Bonchev–Trinajstić information content (AvgIpc) is 3.35. The fourth-order valence-electron chi connectivity index (χ4n) is 3.97. The van der Waals surface area contributed by atoms with Gasteiger partial charge < -0.3 is 14.9 Å². The molecular weight excluding hydrogens is 537 g/mol. The molecule has 0 aliphatic carbocycles. The van der Waals surface area contributed by atoms with Crippen molar-refractivity contribution in [3.63, 3.8) is 0 Å². The Kier molecular flexibility index (Phi) is 7.36. The smallest absolute Gasteiger partial charge is 0.406 e. The quantitative estimate of drug-likeness (QED) is 0.172. The van der Waals surface area contributed by atoms with Gasteiger partial charge in [0.15, 0.2) is 13.2 Å². The zero-order chi connectivity index (χ0) is 25.3. The van der Waals surface area contributed by atoms with Crippen LogP contribution in [0.3, 0.4) is 0 Å². The zero-order valence-corrected chi connectivity index (χ0v) is 22.1. The number of allylic oxidation sites excluding steroid dienone is 1. The van der Waals surface area contributed by atoms with Crippen molar-refractivity contribution >= 4 is 33.1 Å². The maximum Gasteiger partial charge on any atom is 0.406 e. The third kappa shape index (κ3) is 5.46. The van der Waals surface area contributed by atoms with Crippen molar-refractivity contribution in [3.8, 4) is 17.0 Å². The first-order valence-corrected chi connectivity index (χ1v) is 12.6. The first-order chi connectivity index (χ1) is 16.7. The van der Waals surface area contributed by atoms with E-state index >= 15 is 0 Å². The molecule has 1 unspecified atom stereocenters. The van der Waals surface area contributed by atoms with Crippen LogP contribution in [0.4, 0.5) is 10.2 Å². The van der Waals surface area contributed by atoms with E-state index in [2.05, 4.69) is 39.0 Å². The highest BCUT2D eigenvalue weighted by Crippen LogP contribution is 2.38. The van der Waals surface area contributed by atoms with Crippen LogP contribution in [0.5, 0.6) is 5.75 Å². The van der Waals surface area contributed by atoms with Crippen molar-refractivity contribution in [3.05, 3.63) is 78.1 Å². The van der Waals surface area contributed by atoms with Gasteiger partial charge in [0.1, 0.15) is 18.0 Å². The molecular formula is C24H24BrFN5O3S+. The summed E-state index contributed by atoms with van der Waals surface area (Å²) in [4.78, 5) is 20.5. The predicted molar refractivity (Wildman–Crippen MR) is 134 cm³/mol. The number of nitro groups is 1. The standard InChI is InChI=1S/C24H24BrFN5O3S/c1-5-17-10-18(30(4)29-17)11-22-23(28-14(3)35-22)19-7-6-16(26)9-20(19)13(2)34-21-8-15(25)12-27-24(21)31(32)33/h6-10,12-13,17H,5,11H2,1-4H3/q+1/t13-,17?/m1/s1. The van der Waals surface area contributed by atoms with Gasteiger partial charge >= 0.3 is 5.82 Å². The highest BCUT2D eigenvalue weighted by molar-refractivity contribution is 9.10. The number of azo groups is 2. The van der Waals surface area contributed by atoms with Gasteiger partial charge in [-0.1, -0.05) is 11.6 Å². The molecule has 0 fully saturated rings. The molecule has 0 saturated heterocycles. The lowest BCUT2D eigenvalue weighted by Crippen LogP contribution is -2.08. The second-order valence-electron chi connectivity index (χ2n) is 8.18. The van der Waals surface area contributed by atoms with Gasteiger partial charge in [-0.15, -0.1) is 11.3 Å². The topological polar surface area (TPSA) is 93.5 Å². The summed E-state index contributed by atoms with van der Waals surface area (Å²) < 4.78 is 22.8. The van der Waals surface area contributed by atoms with Gasteiger partial charge in [0, 0.05) is 28.1 Å². The second kappa shape index (κ2) is 10.3. The monoisotopic (exact) mass is 560 g/mol. The Hall–Kier alpha value is -3.05. The minimum atomic E-state index is -0.710. The molecule has 4 rings (SSSR count). The molecule has 0 spiro atoms. The summed E-state index contributed by atoms with van der Waals surface area (Å²) in [6, 6.07) is 6.10. The second-order valence-corrected chi connectivity index (χ2v) is 10.4. The number of halogens is 2. The van der Waals surface area contributed by atoms with E-state index in [-0.39, 0.29) is 11.8 Å². The molecule has 1 aliphatic rings. The van der Waals surface area contributed by atoms with Gasteiger partial charge in [0.2, 0.25) is 11.4 Å². The summed E-state index contributed by atoms with van der Waals surface area (Å²) >= 11 is 4.86. The van der Waals surface area contributed by atoms with Gasteiger partial charge in [-0.3, -0.25) is 0 Å². The average molecular weight is 561 g/mol. The van der Waals surface area contributed by atoms with Gasteiger partial charge in [0.25, 0.3) is 0 Å². The van der Waals surface area contributed by atoms with Crippen LogP contribution >= 0.6 is 27.3 Å². The van der Waals surface area contributed by atoms with Gasteiger partial charge in [-0.2, -0.15) is 0 Å². The van der Waals surface area contributed by atoms with Crippen LogP contribution in [0.2, 0.25) is 0 Å². The number of rotatable bonds is 8. The van der Waals surface area contributed by atoms with E-state index in [9.17, 15) is 14.5 Å². The lowest BCUT2D eigenvalue weighted by atomic mass is 9.98. The van der Waals surface area contributed by atoms with Crippen LogP contribution in [0.15, 0.2) is 51.8 Å². The predicted octanol–water partition coefficient (Wildman–Crippen LogP) is 6.78. The third-order valence-corrected chi connectivity index (χ3v) is 7.07. The molecule has 11 heteroatoms. The van der Waals surface area contributed by atoms with Crippen molar-refractivity contribution in [1.29, 1.82) is 0 Å². The van der Waals surface area contributed by atoms with Crippen LogP contribution in [0.1, 0.15) is 41.8 Å². The number of hydrogen-bond acceptors (Lipinski definition) is 7. The summed E-state index contributed by atoms with van der Waals surface area (Å²) in [5, 5.41) is 16.9. The van der Waals surface area contributed by atoms with Crippen LogP contribution in [-0.4, -0.2) is 32.7 Å². The third-order valence-electron chi connectivity index (χ3n) is 5.67. The number of thiazole rings is 1. The van der Waals surface area contributed by atoms with E-state index in [1.165, 1.54) is 24.4 Å². The van der Waals surface area contributed by atoms with Crippen molar-refractivity contribution in [2.45, 2.75) is 45.8 Å². The molecule has 2 aromatic heterocycles. The first-order valence-electron chi connectivity index (χ1n) is 11.0. The van der Waals surface area contributed by atoms with E-state index in [1.54, 1.807) is 24.3 Å². The Bertz CT molecular complexity index is 1360. The maximum absolute atomic E-state index is 14.4. The number of nitrogens with zero attached hydrogens (tertiary/aromatic N) is 5. The maximum atomic E-state index is 14.4. The lowest BCUT2D eigenvalue weighted by molar-refractivity contribution is -0.514. The number of likely N-dealkylation sites (N-methyl/N-ethyl adjacent to an activating group) is 1. The van der Waals surface area contributed by atoms with Crippen molar-refractivity contribution in [2.75, 3.05) is 7.05 Å². The molecule has 1 aliphatic heterocycles. The van der Waals surface area contributed by atoms with Crippen molar-refractivity contribution in [1.82, 2.24) is 9.97 Å². The van der Waals surface area contributed by atoms with Crippen molar-refractivity contribution in [2.24, 2.45) is 5.11 Å². The van der Waals surface area contributed by atoms with Crippen LogP contribution in [0.25, 0.3) is 11.3 Å². The Morgan fingerprint density at radius 2 is 2.14 bits per heavy atom. The minimum Gasteiger partial charge on any atom is -0.478 e. The van der Waals surface area contributed by atoms with Gasteiger partial charge in [0.05, 0.1) is 21.6 Å². The number of aromatic nitrogens is 2. The molecule has 2 atom stereocenters. The number of aryl methyl sites for hydroxylation is 1. The van der Waals surface area contributed by atoms with Crippen LogP contribution < -0.4 is 4.74 Å². The normalized spacial score (nSPS) is 16.1. The molecule has 182 valence electrons. The van der Waals surface area contributed by atoms with E-state index < -0.39 is 22.7 Å². The van der Waals surface area contributed by atoms with E-state index in [0.29, 0.717) is 22.0 Å². The van der Waals surface area contributed by atoms with Gasteiger partial charge in [-0.05, 0) is 69.4 Å². The fourth-order valence-corrected chi connectivity index (χ4v) is 5.25. The highest BCUT2D eigenvalue weighted by atomic mass is 79.9. The van der Waals surface area contributed by atoms with Crippen LogP contribution in [-0.2, 0) is 6.42 Å². The Labute approximate surface area is 214 Å². The lowest BCUT2D eigenvalue weighted by Gasteiger charge is -2.18. The highest BCUT2D eigenvalue weighted by Gasteiger charge is 2.28. The molecule has 3 aromatic rings. The fraction of sp³-hybridized carbons (Fsp3) is 0.333. The molecule has 0 amide bonds. The molecule has 0 saturated carbocycles. The van der Waals surface area contributed by atoms with Gasteiger partial charge in [-0.25, -0.2) is 9.37 Å². The molecule has 0 N–H and O–H groups in total. The Morgan fingerprint density at radius 3 is 2.83 bits per heavy atom. The molecule has 0 bridgehead atoms. The molecule has 35 heavy (non-hydrogen) atoms. The summed E-state index contributed by atoms with van der Waals surface area (Å²) in [6.07, 6.45) is 4.35. The number of benzene rings is 1. The molecule has 3 heterocycles. The Morgan fingerprint density at radius 1 is 1.37 bits per heavy atom. The van der Waals surface area contributed by atoms with Crippen LogP contribution in [0, 0.1) is 22.9 Å². The van der Waals surface area contributed by atoms with E-state index in [1.807, 2.05) is 18.7 Å². The Balaban J connectivity index is 1.73. The molecule has 0 radical (unpaired) electrons. The van der Waals surface area contributed by atoms with Crippen molar-refractivity contribution < 1.29 is 18.7 Å². The number of hydrogen-bond donors (Lipinski definition) is 0. The molecule has 1 aromatic carbocycles. The minimum absolute atomic E-state index is 0.00766. The number of ether oxygens (including phenoxy) is 1. The van der Waals surface area contributed by atoms with E-state index in [0.717, 1.165) is 27.7 Å². The number of pyridine rings is 1. The zero-order valence-electron chi connectivity index (χ0n) is 19.7. The summed E-state index contributed by atoms with van der Waals surface area (Å²) in [7, 11) is 1.94. The molecule has 8 nitrogen and oxygen atoms in total. The largest absolute Gasteiger partial charge is 0.478 e. The summed E-state index contributed by atoms with van der Waals surface area (Å²) in [5.74, 6) is -0.849.